The maximum atomic E-state index is 14.2. The van der Waals surface area contributed by atoms with Crippen molar-refractivity contribution in [2.45, 2.75) is 13.3 Å². The highest BCUT2D eigenvalue weighted by Gasteiger charge is 2.21. The standard InChI is InChI=1S/C18H15F2N3O3S/c1-2-6-27(25,26)23-12-8-13(17(20)14(19)9-12)18(24)15-7-11-4-3-5-21-16(11)10-22-15/h3-5,7-10,23H,2,6H2,1H3. The second-order valence-corrected chi connectivity index (χ2v) is 7.68. The second kappa shape index (κ2) is 7.36. The summed E-state index contributed by atoms with van der Waals surface area (Å²) in [7, 11) is -3.72. The molecule has 1 aromatic carbocycles. The molecule has 27 heavy (non-hydrogen) atoms. The van der Waals surface area contributed by atoms with Gasteiger partial charge in [-0.1, -0.05) is 13.0 Å². The van der Waals surface area contributed by atoms with Crippen molar-refractivity contribution in [3.05, 3.63) is 65.6 Å². The Bertz CT molecular complexity index is 1130. The van der Waals surface area contributed by atoms with Gasteiger partial charge in [-0.15, -0.1) is 0 Å². The summed E-state index contributed by atoms with van der Waals surface area (Å²) >= 11 is 0. The van der Waals surface area contributed by atoms with Crippen molar-refractivity contribution >= 4 is 32.4 Å². The van der Waals surface area contributed by atoms with E-state index in [1.807, 2.05) is 0 Å². The summed E-state index contributed by atoms with van der Waals surface area (Å²) < 4.78 is 54.0. The van der Waals surface area contributed by atoms with Gasteiger partial charge in [-0.25, -0.2) is 17.2 Å². The molecule has 3 aromatic rings. The van der Waals surface area contributed by atoms with E-state index in [0.717, 1.165) is 6.07 Å². The van der Waals surface area contributed by atoms with Crippen LogP contribution in [-0.4, -0.2) is 29.9 Å². The predicted octanol–water partition coefficient (Wildman–Crippen LogP) is 3.29. The fourth-order valence-electron chi connectivity index (χ4n) is 2.55. The minimum Gasteiger partial charge on any atom is -0.287 e. The molecule has 2 aromatic heterocycles. The van der Waals surface area contributed by atoms with Gasteiger partial charge in [-0.3, -0.25) is 19.5 Å². The van der Waals surface area contributed by atoms with Crippen molar-refractivity contribution in [1.29, 1.82) is 0 Å². The summed E-state index contributed by atoms with van der Waals surface area (Å²) in [5, 5.41) is 0.608. The van der Waals surface area contributed by atoms with Crippen LogP contribution in [0.25, 0.3) is 10.9 Å². The van der Waals surface area contributed by atoms with E-state index in [4.69, 9.17) is 0 Å². The number of carbonyl (C=O) groups excluding carboxylic acids is 1. The van der Waals surface area contributed by atoms with E-state index in [1.54, 1.807) is 25.3 Å². The number of carbonyl (C=O) groups is 1. The summed E-state index contributed by atoms with van der Waals surface area (Å²) in [5.74, 6) is -3.76. The quantitative estimate of drug-likeness (QED) is 0.652. The van der Waals surface area contributed by atoms with Crippen LogP contribution >= 0.6 is 0 Å². The van der Waals surface area contributed by atoms with Crippen LogP contribution in [0.4, 0.5) is 14.5 Å². The Morgan fingerprint density at radius 3 is 2.70 bits per heavy atom. The molecular formula is C18H15F2N3O3S. The Morgan fingerprint density at radius 1 is 1.19 bits per heavy atom. The van der Waals surface area contributed by atoms with Gasteiger partial charge in [-0.2, -0.15) is 0 Å². The number of halogens is 2. The lowest BCUT2D eigenvalue weighted by atomic mass is 10.0. The lowest BCUT2D eigenvalue weighted by molar-refractivity contribution is 0.103. The normalized spacial score (nSPS) is 11.5. The third kappa shape index (κ3) is 4.08. The van der Waals surface area contributed by atoms with Crippen LogP contribution in [0.3, 0.4) is 0 Å². The Morgan fingerprint density at radius 2 is 1.96 bits per heavy atom. The number of fused-ring (bicyclic) bond motifs is 1. The Hall–Kier alpha value is -2.94. The number of pyridine rings is 2. The average Bonchev–Trinajstić information content (AvgIpc) is 2.63. The third-order valence-corrected chi connectivity index (χ3v) is 5.23. The van der Waals surface area contributed by atoms with Crippen LogP contribution in [0.1, 0.15) is 29.4 Å². The van der Waals surface area contributed by atoms with Crippen molar-refractivity contribution in [3.63, 3.8) is 0 Å². The van der Waals surface area contributed by atoms with E-state index in [1.165, 1.54) is 12.3 Å². The number of anilines is 1. The van der Waals surface area contributed by atoms with Gasteiger partial charge in [-0.05, 0) is 24.6 Å². The molecule has 3 rings (SSSR count). The zero-order valence-corrected chi connectivity index (χ0v) is 15.1. The van der Waals surface area contributed by atoms with Gasteiger partial charge in [0.25, 0.3) is 0 Å². The van der Waals surface area contributed by atoms with Crippen molar-refractivity contribution in [2.75, 3.05) is 10.5 Å². The SMILES string of the molecule is CCCS(=O)(=O)Nc1cc(F)c(F)c(C(=O)c2cc3cccnc3cn2)c1. The van der Waals surface area contributed by atoms with Gasteiger partial charge in [0.1, 0.15) is 5.69 Å². The fraction of sp³-hybridized carbons (Fsp3) is 0.167. The Labute approximate surface area is 154 Å². The number of rotatable bonds is 6. The largest absolute Gasteiger partial charge is 0.287 e. The molecule has 140 valence electrons. The van der Waals surface area contributed by atoms with Crippen LogP contribution in [-0.2, 0) is 10.0 Å². The number of hydrogen-bond donors (Lipinski definition) is 1. The van der Waals surface area contributed by atoms with E-state index < -0.39 is 33.0 Å². The molecule has 0 unspecified atom stereocenters. The average molecular weight is 391 g/mol. The topological polar surface area (TPSA) is 89.0 Å². The minimum atomic E-state index is -3.72. The summed E-state index contributed by atoms with van der Waals surface area (Å²) in [6.45, 7) is 1.67. The summed E-state index contributed by atoms with van der Waals surface area (Å²) in [6.07, 6.45) is 3.26. The molecule has 6 nitrogen and oxygen atoms in total. The van der Waals surface area contributed by atoms with Gasteiger partial charge < -0.3 is 0 Å². The molecule has 0 aliphatic heterocycles. The number of aromatic nitrogens is 2. The van der Waals surface area contributed by atoms with Crippen LogP contribution in [0.15, 0.2) is 42.7 Å². The first-order chi connectivity index (χ1) is 12.8. The predicted molar refractivity (Wildman–Crippen MR) is 97.0 cm³/mol. The first-order valence-electron chi connectivity index (χ1n) is 8.06. The molecule has 0 saturated carbocycles. The second-order valence-electron chi connectivity index (χ2n) is 5.84. The number of benzene rings is 1. The van der Waals surface area contributed by atoms with Crippen molar-refractivity contribution < 1.29 is 22.0 Å². The molecule has 0 bridgehead atoms. The molecule has 0 amide bonds. The zero-order valence-electron chi connectivity index (χ0n) is 14.2. The number of hydrogen-bond acceptors (Lipinski definition) is 5. The molecule has 0 radical (unpaired) electrons. The lowest BCUT2D eigenvalue weighted by Crippen LogP contribution is -2.17. The van der Waals surface area contributed by atoms with Gasteiger partial charge in [0.15, 0.2) is 11.6 Å². The van der Waals surface area contributed by atoms with Crippen LogP contribution in [0, 0.1) is 11.6 Å². The molecule has 0 atom stereocenters. The Balaban J connectivity index is 2.02. The molecule has 9 heteroatoms. The number of nitrogens with one attached hydrogen (secondary N) is 1. The van der Waals surface area contributed by atoms with Crippen molar-refractivity contribution in [2.24, 2.45) is 0 Å². The first kappa shape index (κ1) is 18.8. The monoisotopic (exact) mass is 391 g/mol. The summed E-state index contributed by atoms with van der Waals surface area (Å²) in [4.78, 5) is 20.7. The van der Waals surface area contributed by atoms with E-state index in [0.29, 0.717) is 23.4 Å². The van der Waals surface area contributed by atoms with Gasteiger partial charge in [0, 0.05) is 17.6 Å². The van der Waals surface area contributed by atoms with Crippen LogP contribution in [0.5, 0.6) is 0 Å². The Kier molecular flexibility index (Phi) is 5.13. The maximum Gasteiger partial charge on any atom is 0.232 e. The highest BCUT2D eigenvalue weighted by molar-refractivity contribution is 7.92. The molecule has 1 N–H and O–H groups in total. The molecule has 0 saturated heterocycles. The van der Waals surface area contributed by atoms with Crippen LogP contribution < -0.4 is 4.72 Å². The molecule has 0 aliphatic carbocycles. The molecular weight excluding hydrogens is 376 g/mol. The van der Waals surface area contributed by atoms with E-state index in [-0.39, 0.29) is 17.1 Å². The van der Waals surface area contributed by atoms with Crippen molar-refractivity contribution in [1.82, 2.24) is 9.97 Å². The smallest absolute Gasteiger partial charge is 0.232 e. The summed E-state index contributed by atoms with van der Waals surface area (Å²) in [6, 6.07) is 6.43. The van der Waals surface area contributed by atoms with E-state index in [2.05, 4.69) is 14.7 Å². The highest BCUT2D eigenvalue weighted by Crippen LogP contribution is 2.23. The molecule has 0 fully saturated rings. The molecule has 0 spiro atoms. The lowest BCUT2D eigenvalue weighted by Gasteiger charge is -2.10. The van der Waals surface area contributed by atoms with E-state index in [9.17, 15) is 22.0 Å². The molecule has 2 heterocycles. The highest BCUT2D eigenvalue weighted by atomic mass is 32.2. The van der Waals surface area contributed by atoms with Gasteiger partial charge in [0.05, 0.1) is 28.7 Å². The zero-order chi connectivity index (χ0) is 19.6. The number of nitrogens with zero attached hydrogens (tertiary/aromatic N) is 2. The van der Waals surface area contributed by atoms with Crippen molar-refractivity contribution in [3.8, 4) is 0 Å². The number of sulfonamides is 1. The van der Waals surface area contributed by atoms with E-state index >= 15 is 0 Å². The minimum absolute atomic E-state index is 0.109. The van der Waals surface area contributed by atoms with Gasteiger partial charge >= 0.3 is 0 Å². The summed E-state index contributed by atoms with van der Waals surface area (Å²) in [5.41, 5.74) is -0.405. The van der Waals surface area contributed by atoms with Gasteiger partial charge in [0.2, 0.25) is 15.8 Å². The third-order valence-electron chi connectivity index (χ3n) is 3.74. The fourth-order valence-corrected chi connectivity index (χ4v) is 3.67. The molecule has 0 aliphatic rings. The number of ketones is 1. The first-order valence-corrected chi connectivity index (χ1v) is 9.71. The maximum absolute atomic E-state index is 14.2. The van der Waals surface area contributed by atoms with Crippen LogP contribution in [0.2, 0.25) is 0 Å².